The predicted octanol–water partition coefficient (Wildman–Crippen LogP) is -0.554. The Morgan fingerprint density at radius 1 is 1.53 bits per heavy atom. The van der Waals surface area contributed by atoms with Gasteiger partial charge in [-0.1, -0.05) is 0 Å². The highest BCUT2D eigenvalue weighted by molar-refractivity contribution is 5.75. The van der Waals surface area contributed by atoms with Crippen LogP contribution in [-0.2, 0) is 14.3 Å². The SMILES string of the molecule is COC(=O)C1CN(c2cc(OC)nc(N)n2)CCO1. The molecule has 1 aromatic rings. The predicted molar refractivity (Wildman–Crippen MR) is 67.0 cm³/mol. The van der Waals surface area contributed by atoms with Crippen LogP contribution in [0.1, 0.15) is 0 Å². The summed E-state index contributed by atoms with van der Waals surface area (Å²) in [6.07, 6.45) is -0.624. The second-order valence-electron chi connectivity index (χ2n) is 3.96. The minimum Gasteiger partial charge on any atom is -0.481 e. The molecule has 1 unspecified atom stereocenters. The molecule has 8 nitrogen and oxygen atoms in total. The van der Waals surface area contributed by atoms with E-state index in [1.54, 1.807) is 6.07 Å². The number of carbonyl (C=O) groups is 1. The molecule has 0 bridgehead atoms. The molecule has 1 fully saturated rings. The zero-order valence-electron chi connectivity index (χ0n) is 10.8. The summed E-state index contributed by atoms with van der Waals surface area (Å²) in [4.78, 5) is 21.4. The van der Waals surface area contributed by atoms with Crippen molar-refractivity contribution >= 4 is 17.7 Å². The third-order valence-corrected chi connectivity index (χ3v) is 2.77. The fourth-order valence-corrected chi connectivity index (χ4v) is 1.83. The average molecular weight is 268 g/mol. The molecule has 1 saturated heterocycles. The van der Waals surface area contributed by atoms with Crippen LogP contribution in [0.3, 0.4) is 0 Å². The van der Waals surface area contributed by atoms with E-state index in [1.807, 2.05) is 4.90 Å². The molecule has 1 aliphatic rings. The first-order chi connectivity index (χ1) is 9.13. The number of carbonyl (C=O) groups excluding carboxylic acids is 1. The van der Waals surface area contributed by atoms with Crippen molar-refractivity contribution in [3.05, 3.63) is 6.07 Å². The minimum atomic E-state index is -0.624. The van der Waals surface area contributed by atoms with Crippen molar-refractivity contribution in [2.45, 2.75) is 6.10 Å². The Bertz CT molecular complexity index is 468. The molecule has 2 N–H and O–H groups in total. The summed E-state index contributed by atoms with van der Waals surface area (Å²) in [5, 5.41) is 0. The molecular formula is C11H16N4O4. The van der Waals surface area contributed by atoms with Crippen molar-refractivity contribution in [2.75, 3.05) is 44.5 Å². The van der Waals surface area contributed by atoms with Crippen LogP contribution in [0.15, 0.2) is 6.07 Å². The number of esters is 1. The van der Waals surface area contributed by atoms with Crippen molar-refractivity contribution in [3.8, 4) is 5.88 Å². The number of hydrogen-bond acceptors (Lipinski definition) is 8. The van der Waals surface area contributed by atoms with Gasteiger partial charge >= 0.3 is 5.97 Å². The topological polar surface area (TPSA) is 99.8 Å². The van der Waals surface area contributed by atoms with Crippen LogP contribution in [0.2, 0.25) is 0 Å². The fourth-order valence-electron chi connectivity index (χ4n) is 1.83. The first-order valence-electron chi connectivity index (χ1n) is 5.77. The summed E-state index contributed by atoms with van der Waals surface area (Å²) in [5.41, 5.74) is 5.61. The maximum absolute atomic E-state index is 11.5. The van der Waals surface area contributed by atoms with Crippen LogP contribution in [0, 0.1) is 0 Å². The van der Waals surface area contributed by atoms with E-state index in [0.29, 0.717) is 31.4 Å². The van der Waals surface area contributed by atoms with Gasteiger partial charge in [0.15, 0.2) is 6.10 Å². The maximum atomic E-state index is 11.5. The molecule has 1 aromatic heterocycles. The molecule has 1 aliphatic heterocycles. The lowest BCUT2D eigenvalue weighted by molar-refractivity contribution is -0.154. The van der Waals surface area contributed by atoms with Crippen molar-refractivity contribution in [1.29, 1.82) is 0 Å². The van der Waals surface area contributed by atoms with Gasteiger partial charge in [0.2, 0.25) is 11.8 Å². The zero-order chi connectivity index (χ0) is 13.8. The molecule has 2 heterocycles. The van der Waals surface area contributed by atoms with Crippen LogP contribution in [0.25, 0.3) is 0 Å². The first kappa shape index (κ1) is 13.3. The quantitative estimate of drug-likeness (QED) is 0.729. The molecule has 104 valence electrons. The van der Waals surface area contributed by atoms with Gasteiger partial charge in [-0.2, -0.15) is 9.97 Å². The van der Waals surface area contributed by atoms with Crippen LogP contribution in [0.5, 0.6) is 5.88 Å². The lowest BCUT2D eigenvalue weighted by Crippen LogP contribution is -2.47. The molecule has 2 rings (SSSR count). The van der Waals surface area contributed by atoms with Gasteiger partial charge in [0, 0.05) is 12.6 Å². The summed E-state index contributed by atoms with van der Waals surface area (Å²) in [6, 6.07) is 1.66. The van der Waals surface area contributed by atoms with E-state index < -0.39 is 12.1 Å². The summed E-state index contributed by atoms with van der Waals surface area (Å²) < 4.78 is 15.1. The van der Waals surface area contributed by atoms with Crippen LogP contribution >= 0.6 is 0 Å². The highest BCUT2D eigenvalue weighted by Gasteiger charge is 2.28. The number of ether oxygens (including phenoxy) is 3. The van der Waals surface area contributed by atoms with Crippen LogP contribution < -0.4 is 15.4 Å². The Labute approximate surface area is 110 Å². The number of morpholine rings is 1. The van der Waals surface area contributed by atoms with Crippen molar-refractivity contribution in [1.82, 2.24) is 9.97 Å². The van der Waals surface area contributed by atoms with Gasteiger partial charge in [-0.25, -0.2) is 4.79 Å². The van der Waals surface area contributed by atoms with Crippen molar-refractivity contribution < 1.29 is 19.0 Å². The summed E-state index contributed by atoms with van der Waals surface area (Å²) >= 11 is 0. The van der Waals surface area contributed by atoms with E-state index in [2.05, 4.69) is 14.7 Å². The molecule has 0 radical (unpaired) electrons. The molecular weight excluding hydrogens is 252 g/mol. The number of nitrogens with two attached hydrogens (primary N) is 1. The molecule has 0 aliphatic carbocycles. The monoisotopic (exact) mass is 268 g/mol. The van der Waals surface area contributed by atoms with Gasteiger partial charge in [0.05, 0.1) is 27.4 Å². The molecule has 0 spiro atoms. The normalized spacial score (nSPS) is 19.1. The van der Waals surface area contributed by atoms with Gasteiger partial charge in [-0.15, -0.1) is 0 Å². The van der Waals surface area contributed by atoms with Crippen molar-refractivity contribution in [3.63, 3.8) is 0 Å². The Morgan fingerprint density at radius 3 is 3.00 bits per heavy atom. The molecule has 0 amide bonds. The number of aromatic nitrogens is 2. The molecule has 0 aromatic carbocycles. The number of methoxy groups -OCH3 is 2. The van der Waals surface area contributed by atoms with Gasteiger partial charge < -0.3 is 24.8 Å². The van der Waals surface area contributed by atoms with Gasteiger partial charge in [-0.3, -0.25) is 0 Å². The Kier molecular flexibility index (Phi) is 4.00. The lowest BCUT2D eigenvalue weighted by Gasteiger charge is -2.32. The van der Waals surface area contributed by atoms with E-state index in [1.165, 1.54) is 14.2 Å². The second kappa shape index (κ2) is 5.70. The highest BCUT2D eigenvalue weighted by Crippen LogP contribution is 2.20. The van der Waals surface area contributed by atoms with Crippen LogP contribution in [-0.4, -0.2) is 56.0 Å². The van der Waals surface area contributed by atoms with E-state index in [-0.39, 0.29) is 5.95 Å². The second-order valence-corrected chi connectivity index (χ2v) is 3.96. The highest BCUT2D eigenvalue weighted by atomic mass is 16.6. The first-order valence-corrected chi connectivity index (χ1v) is 5.77. The number of hydrogen-bond donors (Lipinski definition) is 1. The Balaban J connectivity index is 2.17. The molecule has 19 heavy (non-hydrogen) atoms. The Morgan fingerprint density at radius 2 is 2.32 bits per heavy atom. The fraction of sp³-hybridized carbons (Fsp3) is 0.545. The smallest absolute Gasteiger partial charge is 0.336 e. The number of nitrogen functional groups attached to an aromatic ring is 1. The third kappa shape index (κ3) is 3.02. The summed E-state index contributed by atoms with van der Waals surface area (Å²) in [7, 11) is 2.83. The number of rotatable bonds is 3. The van der Waals surface area contributed by atoms with Gasteiger partial charge in [-0.05, 0) is 0 Å². The molecule has 8 heteroatoms. The molecule has 1 atom stereocenters. The summed E-state index contributed by atoms with van der Waals surface area (Å²) in [5.74, 6) is 0.694. The van der Waals surface area contributed by atoms with Gasteiger partial charge in [0.1, 0.15) is 5.82 Å². The van der Waals surface area contributed by atoms with E-state index in [0.717, 1.165) is 0 Å². The lowest BCUT2D eigenvalue weighted by atomic mass is 10.2. The standard InChI is InChI=1S/C11H16N4O4/c1-17-9-5-8(13-11(12)14-9)15-3-4-19-7(6-15)10(16)18-2/h5,7H,3-4,6H2,1-2H3,(H2,12,13,14). The zero-order valence-corrected chi connectivity index (χ0v) is 10.8. The largest absolute Gasteiger partial charge is 0.481 e. The van der Waals surface area contributed by atoms with E-state index in [4.69, 9.17) is 15.2 Å². The maximum Gasteiger partial charge on any atom is 0.336 e. The third-order valence-electron chi connectivity index (χ3n) is 2.77. The summed E-state index contributed by atoms with van der Waals surface area (Å²) in [6.45, 7) is 1.37. The number of nitrogens with zero attached hydrogens (tertiary/aromatic N) is 3. The van der Waals surface area contributed by atoms with Crippen LogP contribution in [0.4, 0.5) is 11.8 Å². The number of anilines is 2. The van der Waals surface area contributed by atoms with Crippen molar-refractivity contribution in [2.24, 2.45) is 0 Å². The Hall–Kier alpha value is -2.09. The average Bonchev–Trinajstić information content (AvgIpc) is 2.45. The van der Waals surface area contributed by atoms with Gasteiger partial charge in [0.25, 0.3) is 0 Å². The van der Waals surface area contributed by atoms with E-state index in [9.17, 15) is 4.79 Å². The van der Waals surface area contributed by atoms with E-state index >= 15 is 0 Å². The molecule has 0 saturated carbocycles. The minimum absolute atomic E-state index is 0.121.